The zero-order valence-corrected chi connectivity index (χ0v) is 14.6. The quantitative estimate of drug-likeness (QED) is 0.721. The van der Waals surface area contributed by atoms with E-state index in [1.54, 1.807) is 43.3 Å². The average Bonchev–Trinajstić information content (AvgIpc) is 2.49. The van der Waals surface area contributed by atoms with E-state index >= 15 is 0 Å². The second-order valence-electron chi connectivity index (χ2n) is 5.21. The average molecular weight is 371 g/mol. The van der Waals surface area contributed by atoms with Crippen molar-refractivity contribution in [3.05, 3.63) is 59.7 Å². The van der Waals surface area contributed by atoms with Gasteiger partial charge >= 0.3 is 5.97 Å². The van der Waals surface area contributed by atoms with Crippen LogP contribution in [0.5, 0.6) is 0 Å². The first-order valence-corrected chi connectivity index (χ1v) is 8.44. The minimum atomic E-state index is -3.75. The Labute approximate surface area is 147 Å². The zero-order valence-electron chi connectivity index (χ0n) is 13.0. The molecule has 0 saturated carbocycles. The van der Waals surface area contributed by atoms with Crippen LogP contribution < -0.4 is 10.5 Å². The molecule has 0 aliphatic rings. The highest BCUT2D eigenvalue weighted by Crippen LogP contribution is 2.20. The monoisotopic (exact) mass is 370 g/mol. The van der Waals surface area contributed by atoms with Crippen LogP contribution in [0.25, 0.3) is 0 Å². The summed E-state index contributed by atoms with van der Waals surface area (Å²) in [5, 5.41) is 8.90. The van der Waals surface area contributed by atoms with E-state index in [9.17, 15) is 13.2 Å². The summed E-state index contributed by atoms with van der Waals surface area (Å²) in [5.41, 5.74) is 7.38. The summed E-state index contributed by atoms with van der Waals surface area (Å²) < 4.78 is 27.3. The molecule has 130 valence electrons. The number of carbonyl (C=O) groups is 1. The number of hydrogen-bond donors (Lipinski definition) is 3. The molecule has 0 heterocycles. The number of para-hydroxylation sites is 1. The van der Waals surface area contributed by atoms with E-state index in [0.29, 0.717) is 11.3 Å². The largest absolute Gasteiger partial charge is 0.480 e. The minimum Gasteiger partial charge on any atom is -0.480 e. The van der Waals surface area contributed by atoms with Gasteiger partial charge in [0.25, 0.3) is 10.0 Å². The third kappa shape index (κ3) is 4.95. The molecule has 0 amide bonds. The fourth-order valence-electron chi connectivity index (χ4n) is 2.08. The molecule has 6 nitrogen and oxygen atoms in total. The molecular formula is C16H19ClN2O4S. The van der Waals surface area contributed by atoms with Gasteiger partial charge in [-0.15, -0.1) is 12.4 Å². The Kier molecular flexibility index (Phi) is 6.77. The molecule has 24 heavy (non-hydrogen) atoms. The number of carboxylic acids is 1. The molecule has 0 bridgehead atoms. The number of anilines is 1. The lowest BCUT2D eigenvalue weighted by Gasteiger charge is -2.13. The summed E-state index contributed by atoms with van der Waals surface area (Å²) in [6.07, 6.45) is 0.0653. The maximum Gasteiger partial charge on any atom is 0.320 e. The van der Waals surface area contributed by atoms with Gasteiger partial charge in [0, 0.05) is 5.69 Å². The van der Waals surface area contributed by atoms with Gasteiger partial charge in [-0.2, -0.15) is 0 Å². The Balaban J connectivity index is 0.00000288. The highest BCUT2D eigenvalue weighted by molar-refractivity contribution is 7.92. The lowest BCUT2D eigenvalue weighted by atomic mass is 10.0. The van der Waals surface area contributed by atoms with Gasteiger partial charge in [-0.1, -0.05) is 24.3 Å². The standard InChI is InChI=1S/C16H18N2O4S.ClH/c1-11-7-8-14(9-12(11)10-15(17)16(19)20)23(21,22)18-13-5-3-2-4-6-13;/h2-9,15,18H,10,17H2,1H3,(H,19,20);1H/t15-;/m0./s1. The molecule has 0 aliphatic heterocycles. The summed E-state index contributed by atoms with van der Waals surface area (Å²) in [6, 6.07) is 12.0. The second kappa shape index (κ2) is 8.14. The third-order valence-electron chi connectivity index (χ3n) is 3.41. The van der Waals surface area contributed by atoms with E-state index in [2.05, 4.69) is 4.72 Å². The number of nitrogens with two attached hydrogens (primary N) is 1. The normalized spacial score (nSPS) is 12.1. The summed E-state index contributed by atoms with van der Waals surface area (Å²) in [5.74, 6) is -1.12. The highest BCUT2D eigenvalue weighted by Gasteiger charge is 2.18. The third-order valence-corrected chi connectivity index (χ3v) is 4.79. The SMILES string of the molecule is Cc1ccc(S(=O)(=O)Nc2ccccc2)cc1C[C@H](N)C(=O)O.Cl. The van der Waals surface area contributed by atoms with Crippen molar-refractivity contribution in [3.8, 4) is 0 Å². The molecule has 0 aromatic heterocycles. The van der Waals surface area contributed by atoms with E-state index in [1.807, 2.05) is 0 Å². The van der Waals surface area contributed by atoms with E-state index in [1.165, 1.54) is 12.1 Å². The molecule has 0 fully saturated rings. The molecule has 8 heteroatoms. The van der Waals surface area contributed by atoms with Crippen molar-refractivity contribution in [1.82, 2.24) is 0 Å². The van der Waals surface area contributed by atoms with Gasteiger partial charge in [0.15, 0.2) is 0 Å². The highest BCUT2D eigenvalue weighted by atomic mass is 35.5. The van der Waals surface area contributed by atoms with Crippen molar-refractivity contribution in [2.45, 2.75) is 24.3 Å². The molecule has 2 aromatic carbocycles. The van der Waals surface area contributed by atoms with Gasteiger partial charge in [0.05, 0.1) is 4.90 Å². The second-order valence-corrected chi connectivity index (χ2v) is 6.89. The van der Waals surface area contributed by atoms with Crippen LogP contribution in [0.15, 0.2) is 53.4 Å². The lowest BCUT2D eigenvalue weighted by molar-refractivity contribution is -0.138. The summed E-state index contributed by atoms with van der Waals surface area (Å²) in [7, 11) is -3.75. The molecule has 4 N–H and O–H groups in total. The van der Waals surface area contributed by atoms with Gasteiger partial charge in [-0.25, -0.2) is 8.42 Å². The van der Waals surface area contributed by atoms with E-state index in [4.69, 9.17) is 10.8 Å². The molecule has 0 saturated heterocycles. The number of carboxylic acid groups (broad SMARTS) is 1. The van der Waals surface area contributed by atoms with E-state index < -0.39 is 22.0 Å². The van der Waals surface area contributed by atoms with Crippen molar-refractivity contribution in [2.24, 2.45) is 5.73 Å². The fraction of sp³-hybridized carbons (Fsp3) is 0.188. The van der Waals surface area contributed by atoms with Crippen molar-refractivity contribution in [3.63, 3.8) is 0 Å². The van der Waals surface area contributed by atoms with Crippen LogP contribution in [-0.2, 0) is 21.2 Å². The molecule has 0 aliphatic carbocycles. The molecule has 0 unspecified atom stereocenters. The first-order chi connectivity index (χ1) is 10.8. The first kappa shape index (κ1) is 20.0. The molecule has 1 atom stereocenters. The summed E-state index contributed by atoms with van der Waals surface area (Å²) in [6.45, 7) is 1.78. The first-order valence-electron chi connectivity index (χ1n) is 6.95. The van der Waals surface area contributed by atoms with E-state index in [-0.39, 0.29) is 23.7 Å². The molecule has 2 aromatic rings. The topological polar surface area (TPSA) is 109 Å². The number of rotatable bonds is 6. The summed E-state index contributed by atoms with van der Waals surface area (Å²) in [4.78, 5) is 11.0. The summed E-state index contributed by atoms with van der Waals surface area (Å²) >= 11 is 0. The molecule has 0 spiro atoms. The zero-order chi connectivity index (χ0) is 17.0. The van der Waals surface area contributed by atoms with E-state index in [0.717, 1.165) is 5.56 Å². The lowest BCUT2D eigenvalue weighted by Crippen LogP contribution is -2.32. The Morgan fingerprint density at radius 1 is 1.21 bits per heavy atom. The van der Waals surface area contributed by atoms with Gasteiger partial charge in [0.1, 0.15) is 6.04 Å². The van der Waals surface area contributed by atoms with Crippen LogP contribution in [-0.4, -0.2) is 25.5 Å². The fourth-order valence-corrected chi connectivity index (χ4v) is 3.19. The minimum absolute atomic E-state index is 0. The predicted octanol–water partition coefficient (Wildman–Crippen LogP) is 2.17. The number of halogens is 1. The Bertz CT molecular complexity index is 810. The van der Waals surface area contributed by atoms with Gasteiger partial charge in [-0.05, 0) is 48.7 Å². The number of hydrogen-bond acceptors (Lipinski definition) is 4. The van der Waals surface area contributed by atoms with Crippen LogP contribution in [0, 0.1) is 6.92 Å². The van der Waals surface area contributed by atoms with Crippen molar-refractivity contribution in [2.75, 3.05) is 4.72 Å². The van der Waals surface area contributed by atoms with Crippen LogP contribution in [0.4, 0.5) is 5.69 Å². The van der Waals surface area contributed by atoms with Crippen LogP contribution in [0.2, 0.25) is 0 Å². The molecule has 0 radical (unpaired) electrons. The van der Waals surface area contributed by atoms with Crippen molar-refractivity contribution < 1.29 is 18.3 Å². The smallest absolute Gasteiger partial charge is 0.320 e. The van der Waals surface area contributed by atoms with Crippen LogP contribution in [0.1, 0.15) is 11.1 Å². The number of aryl methyl sites for hydroxylation is 1. The predicted molar refractivity (Wildman–Crippen MR) is 95.0 cm³/mol. The maximum absolute atomic E-state index is 12.4. The molecule has 2 rings (SSSR count). The molecular weight excluding hydrogens is 352 g/mol. The maximum atomic E-state index is 12.4. The number of nitrogens with one attached hydrogen (secondary N) is 1. The van der Waals surface area contributed by atoms with Gasteiger partial charge < -0.3 is 10.8 Å². The number of aliphatic carboxylic acids is 1. The Morgan fingerprint density at radius 2 is 1.83 bits per heavy atom. The van der Waals surface area contributed by atoms with Gasteiger partial charge in [-0.3, -0.25) is 9.52 Å². The van der Waals surface area contributed by atoms with Gasteiger partial charge in [0.2, 0.25) is 0 Å². The Morgan fingerprint density at radius 3 is 2.42 bits per heavy atom. The van der Waals surface area contributed by atoms with Crippen LogP contribution >= 0.6 is 12.4 Å². The number of benzene rings is 2. The Hall–Kier alpha value is -2.09. The van der Waals surface area contributed by atoms with Crippen LogP contribution in [0.3, 0.4) is 0 Å². The van der Waals surface area contributed by atoms with Crippen molar-refractivity contribution >= 4 is 34.1 Å². The van der Waals surface area contributed by atoms with Crippen molar-refractivity contribution in [1.29, 1.82) is 0 Å². The number of sulfonamides is 1.